The van der Waals surface area contributed by atoms with Crippen molar-refractivity contribution in [2.45, 2.75) is 49.7 Å². The fraction of sp³-hybridized carbons (Fsp3) is 0.348. The zero-order chi connectivity index (χ0) is 20.5. The molecule has 1 N–H and O–H groups in total. The zero-order valence-corrected chi connectivity index (χ0v) is 17.7. The van der Waals surface area contributed by atoms with Gasteiger partial charge in [0.15, 0.2) is 10.9 Å². The Balaban J connectivity index is 1.24. The van der Waals surface area contributed by atoms with Gasteiger partial charge in [0.1, 0.15) is 11.6 Å². The van der Waals surface area contributed by atoms with Gasteiger partial charge in [0.2, 0.25) is 5.91 Å². The van der Waals surface area contributed by atoms with Crippen LogP contribution in [0.3, 0.4) is 0 Å². The Labute approximate surface area is 180 Å². The molecule has 1 aromatic heterocycles. The Morgan fingerprint density at radius 3 is 2.60 bits per heavy atom. The summed E-state index contributed by atoms with van der Waals surface area (Å²) in [5.41, 5.74) is 1.83. The van der Waals surface area contributed by atoms with Crippen LogP contribution in [-0.4, -0.2) is 26.4 Å². The number of amides is 1. The van der Waals surface area contributed by atoms with Gasteiger partial charge in [0.05, 0.1) is 11.4 Å². The normalized spacial score (nSPS) is 15.8. The summed E-state index contributed by atoms with van der Waals surface area (Å²) in [6, 6.07) is 15.8. The number of anilines is 1. The van der Waals surface area contributed by atoms with Gasteiger partial charge >= 0.3 is 0 Å². The maximum absolute atomic E-state index is 12.6. The highest BCUT2D eigenvalue weighted by Gasteiger charge is 2.36. The van der Waals surface area contributed by atoms with Gasteiger partial charge in [-0.1, -0.05) is 41.6 Å². The predicted molar refractivity (Wildman–Crippen MR) is 117 cm³/mol. The van der Waals surface area contributed by atoms with Crippen molar-refractivity contribution < 1.29 is 9.53 Å². The first-order valence-corrected chi connectivity index (χ1v) is 11.4. The molecular formula is C23H24N4O2S. The van der Waals surface area contributed by atoms with Crippen LogP contribution in [0.5, 0.6) is 11.5 Å². The van der Waals surface area contributed by atoms with Gasteiger partial charge in [0, 0.05) is 12.0 Å². The Morgan fingerprint density at radius 2 is 1.87 bits per heavy atom. The molecule has 5 rings (SSSR count). The molecule has 2 fully saturated rings. The molecule has 2 aromatic carbocycles. The Kier molecular flexibility index (Phi) is 5.21. The summed E-state index contributed by atoms with van der Waals surface area (Å²) in [6.07, 6.45) is 4.77. The van der Waals surface area contributed by atoms with Crippen molar-refractivity contribution in [3.8, 4) is 11.5 Å². The molecule has 2 saturated carbocycles. The van der Waals surface area contributed by atoms with Crippen LogP contribution in [0, 0.1) is 6.92 Å². The Bertz CT molecular complexity index is 1060. The number of benzene rings is 2. The minimum absolute atomic E-state index is 0.0849. The van der Waals surface area contributed by atoms with Crippen molar-refractivity contribution in [1.82, 2.24) is 14.8 Å². The summed E-state index contributed by atoms with van der Waals surface area (Å²) in [4.78, 5) is 12.6. The number of nitrogens with zero attached hydrogens (tertiary/aromatic N) is 3. The topological polar surface area (TPSA) is 69.0 Å². The Hall–Kier alpha value is -2.80. The van der Waals surface area contributed by atoms with E-state index < -0.39 is 0 Å². The summed E-state index contributed by atoms with van der Waals surface area (Å²) < 4.78 is 8.24. The molecule has 2 aliphatic rings. The molecule has 3 aromatic rings. The molecule has 0 saturated heterocycles. The maximum atomic E-state index is 12.6. The lowest BCUT2D eigenvalue weighted by molar-refractivity contribution is -0.113. The molecule has 2 aliphatic carbocycles. The molecule has 30 heavy (non-hydrogen) atoms. The first-order chi connectivity index (χ1) is 14.7. The van der Waals surface area contributed by atoms with Crippen LogP contribution in [0.2, 0.25) is 0 Å². The van der Waals surface area contributed by atoms with Gasteiger partial charge in [0.25, 0.3) is 0 Å². The molecule has 1 amide bonds. The number of rotatable bonds is 8. The molecule has 0 aliphatic heterocycles. The molecule has 7 heteroatoms. The SMILES string of the molecule is Cc1ccc(Oc2ccccc2NC(=O)CSc2nnc(C3CC3)n2C2CC2)cc1. The average molecular weight is 421 g/mol. The summed E-state index contributed by atoms with van der Waals surface area (Å²) in [5, 5.41) is 12.6. The second-order valence-electron chi connectivity index (χ2n) is 7.96. The van der Waals surface area contributed by atoms with E-state index in [-0.39, 0.29) is 11.7 Å². The second kappa shape index (κ2) is 8.14. The quantitative estimate of drug-likeness (QED) is 0.499. The van der Waals surface area contributed by atoms with Crippen LogP contribution in [-0.2, 0) is 4.79 Å². The molecule has 154 valence electrons. The molecule has 0 radical (unpaired) electrons. The van der Waals surface area contributed by atoms with E-state index in [2.05, 4.69) is 20.1 Å². The number of carbonyl (C=O) groups is 1. The van der Waals surface area contributed by atoms with E-state index in [1.807, 2.05) is 55.5 Å². The van der Waals surface area contributed by atoms with Gasteiger partial charge < -0.3 is 14.6 Å². The van der Waals surface area contributed by atoms with Crippen molar-refractivity contribution in [3.05, 3.63) is 59.9 Å². The molecule has 0 unspecified atom stereocenters. The largest absolute Gasteiger partial charge is 0.455 e. The number of carbonyl (C=O) groups excluding carboxylic acids is 1. The summed E-state index contributed by atoms with van der Waals surface area (Å²) >= 11 is 1.46. The first-order valence-electron chi connectivity index (χ1n) is 10.4. The van der Waals surface area contributed by atoms with Crippen molar-refractivity contribution in [2.24, 2.45) is 0 Å². The predicted octanol–water partition coefficient (Wildman–Crippen LogP) is 5.32. The van der Waals surface area contributed by atoms with Gasteiger partial charge in [-0.05, 0) is 56.9 Å². The fourth-order valence-corrected chi connectivity index (χ4v) is 4.20. The number of ether oxygens (including phenoxy) is 1. The van der Waals surface area contributed by atoms with E-state index in [4.69, 9.17) is 4.74 Å². The number of aryl methyl sites for hydroxylation is 1. The number of thioether (sulfide) groups is 1. The van der Waals surface area contributed by atoms with Crippen LogP contribution in [0.25, 0.3) is 0 Å². The van der Waals surface area contributed by atoms with Crippen LogP contribution in [0.15, 0.2) is 53.7 Å². The standard InChI is InChI=1S/C23H24N4O2S/c1-15-6-12-18(13-7-15)29-20-5-3-2-4-19(20)24-21(28)14-30-23-26-25-22(16-8-9-16)27(23)17-10-11-17/h2-7,12-13,16-17H,8-11,14H2,1H3,(H,24,28). The van der Waals surface area contributed by atoms with E-state index >= 15 is 0 Å². The van der Waals surface area contributed by atoms with Gasteiger partial charge in [-0.15, -0.1) is 10.2 Å². The highest BCUT2D eigenvalue weighted by atomic mass is 32.2. The molecule has 6 nitrogen and oxygen atoms in total. The highest BCUT2D eigenvalue weighted by Crippen LogP contribution is 2.46. The van der Waals surface area contributed by atoms with Crippen LogP contribution < -0.4 is 10.1 Å². The molecule has 0 atom stereocenters. The van der Waals surface area contributed by atoms with E-state index in [1.54, 1.807) is 0 Å². The van der Waals surface area contributed by atoms with E-state index in [1.165, 1.54) is 43.0 Å². The van der Waals surface area contributed by atoms with Crippen molar-refractivity contribution in [3.63, 3.8) is 0 Å². The van der Waals surface area contributed by atoms with Gasteiger partial charge in [-0.2, -0.15) is 0 Å². The monoisotopic (exact) mass is 420 g/mol. The molecule has 1 heterocycles. The lowest BCUT2D eigenvalue weighted by atomic mass is 10.2. The Morgan fingerprint density at radius 1 is 1.10 bits per heavy atom. The zero-order valence-electron chi connectivity index (χ0n) is 16.9. The average Bonchev–Trinajstić information content (AvgIpc) is 3.68. The van der Waals surface area contributed by atoms with Gasteiger partial charge in [-0.25, -0.2) is 0 Å². The third-order valence-electron chi connectivity index (χ3n) is 5.29. The van der Waals surface area contributed by atoms with Crippen LogP contribution in [0.4, 0.5) is 5.69 Å². The van der Waals surface area contributed by atoms with E-state index in [0.29, 0.717) is 23.4 Å². The second-order valence-corrected chi connectivity index (χ2v) is 8.91. The summed E-state index contributed by atoms with van der Waals surface area (Å²) in [5.74, 6) is 3.23. The number of para-hydroxylation sites is 2. The smallest absolute Gasteiger partial charge is 0.234 e. The van der Waals surface area contributed by atoms with Crippen LogP contribution in [0.1, 0.15) is 49.0 Å². The van der Waals surface area contributed by atoms with Crippen LogP contribution >= 0.6 is 11.8 Å². The lowest BCUT2D eigenvalue weighted by Gasteiger charge is -2.12. The molecule has 0 bridgehead atoms. The minimum atomic E-state index is -0.0849. The maximum Gasteiger partial charge on any atom is 0.234 e. The number of hydrogen-bond acceptors (Lipinski definition) is 5. The van der Waals surface area contributed by atoms with Crippen molar-refractivity contribution >= 4 is 23.4 Å². The number of nitrogens with one attached hydrogen (secondary N) is 1. The van der Waals surface area contributed by atoms with E-state index in [0.717, 1.165) is 16.7 Å². The summed E-state index contributed by atoms with van der Waals surface area (Å²) in [7, 11) is 0. The third-order valence-corrected chi connectivity index (χ3v) is 6.23. The highest BCUT2D eigenvalue weighted by molar-refractivity contribution is 7.99. The fourth-order valence-electron chi connectivity index (χ4n) is 3.39. The van der Waals surface area contributed by atoms with E-state index in [9.17, 15) is 4.79 Å². The van der Waals surface area contributed by atoms with Gasteiger partial charge in [-0.3, -0.25) is 4.79 Å². The van der Waals surface area contributed by atoms with Crippen molar-refractivity contribution in [1.29, 1.82) is 0 Å². The number of aromatic nitrogens is 3. The number of hydrogen-bond donors (Lipinski definition) is 1. The molecular weight excluding hydrogens is 396 g/mol. The van der Waals surface area contributed by atoms with Crippen molar-refractivity contribution in [2.75, 3.05) is 11.1 Å². The molecule has 0 spiro atoms. The summed E-state index contributed by atoms with van der Waals surface area (Å²) in [6.45, 7) is 2.03. The lowest BCUT2D eigenvalue weighted by Crippen LogP contribution is -2.15. The first kappa shape index (κ1) is 19.2. The third kappa shape index (κ3) is 4.36. The minimum Gasteiger partial charge on any atom is -0.455 e.